The Kier molecular flexibility index (Phi) is 5.37. The normalized spacial score (nSPS) is 24.0. The molecule has 28 heavy (non-hydrogen) atoms. The first kappa shape index (κ1) is 20.2. The number of hydrogen-bond acceptors (Lipinski definition) is 3. The van der Waals surface area contributed by atoms with Gasteiger partial charge in [0.05, 0.1) is 5.41 Å². The highest BCUT2D eigenvalue weighted by molar-refractivity contribution is 5.96. The van der Waals surface area contributed by atoms with Gasteiger partial charge in [0.1, 0.15) is 0 Å². The van der Waals surface area contributed by atoms with Gasteiger partial charge in [0.25, 0.3) is 5.91 Å². The lowest BCUT2D eigenvalue weighted by Gasteiger charge is -2.24. The summed E-state index contributed by atoms with van der Waals surface area (Å²) in [4.78, 5) is 38.3. The number of anilines is 1. The Labute approximate surface area is 165 Å². The molecule has 1 aromatic carbocycles. The molecule has 1 aliphatic carbocycles. The van der Waals surface area contributed by atoms with E-state index in [1.165, 1.54) is 0 Å². The molecule has 2 atom stereocenters. The quantitative estimate of drug-likeness (QED) is 0.722. The summed E-state index contributed by atoms with van der Waals surface area (Å²) in [6.45, 7) is 6.68. The highest BCUT2D eigenvalue weighted by Crippen LogP contribution is 2.48. The fourth-order valence-electron chi connectivity index (χ4n) is 4.17. The molecule has 2 aliphatic rings. The Morgan fingerprint density at radius 3 is 2.50 bits per heavy atom. The number of carbonyl (C=O) groups is 3. The Bertz CT molecular complexity index is 774. The predicted octanol–water partition coefficient (Wildman–Crippen LogP) is 3.32. The molecule has 0 aromatic heterocycles. The Hall–Kier alpha value is -2.57. The lowest BCUT2D eigenvalue weighted by atomic mass is 9.81. The fraction of sp³-hybridized carbons (Fsp3) is 0.571. The van der Waals surface area contributed by atoms with Crippen LogP contribution < -0.4 is 10.6 Å². The monoisotopic (exact) mass is 387 g/mol. The van der Waals surface area contributed by atoms with E-state index in [1.54, 1.807) is 29.2 Å². The van der Waals surface area contributed by atoms with Crippen molar-refractivity contribution in [3.05, 3.63) is 29.8 Å². The lowest BCUT2D eigenvalue weighted by Crippen LogP contribution is -2.42. The summed E-state index contributed by atoms with van der Waals surface area (Å²) in [7, 11) is 0. The molecule has 1 aliphatic heterocycles. The number of fused-ring (bicyclic) bond motifs is 1. The Morgan fingerprint density at radius 1 is 1.25 bits per heavy atom. The topological polar surface area (TPSA) is 98.7 Å². The molecule has 3 N–H and O–H groups in total. The maximum atomic E-state index is 12.6. The van der Waals surface area contributed by atoms with Crippen LogP contribution in [0.1, 0.15) is 56.8 Å². The van der Waals surface area contributed by atoms with Gasteiger partial charge < -0.3 is 20.6 Å². The molecular weight excluding hydrogens is 358 g/mol. The summed E-state index contributed by atoms with van der Waals surface area (Å²) in [6.07, 6.45) is 3.22. The fourth-order valence-corrected chi connectivity index (χ4v) is 4.17. The third-order valence-electron chi connectivity index (χ3n) is 6.32. The number of aliphatic carboxylic acids is 1. The van der Waals surface area contributed by atoms with Crippen LogP contribution in [-0.4, -0.2) is 46.5 Å². The van der Waals surface area contributed by atoms with Crippen LogP contribution in [0.15, 0.2) is 24.3 Å². The number of nitrogens with one attached hydrogen (secondary N) is 2. The SMILES string of the molecule is CCC(C)(C)NC(=O)c1ccc(NC(=O)N2C[C@@H]3CCC[C@@]3(C(=O)O)C2)cc1. The van der Waals surface area contributed by atoms with Gasteiger partial charge in [0, 0.05) is 29.9 Å². The van der Waals surface area contributed by atoms with Crippen molar-refractivity contribution >= 4 is 23.6 Å². The summed E-state index contributed by atoms with van der Waals surface area (Å²) in [5.74, 6) is -0.917. The van der Waals surface area contributed by atoms with Crippen LogP contribution in [0.25, 0.3) is 0 Å². The van der Waals surface area contributed by atoms with E-state index in [0.29, 0.717) is 24.2 Å². The highest BCUT2D eigenvalue weighted by Gasteiger charge is 2.55. The maximum Gasteiger partial charge on any atom is 0.321 e. The summed E-state index contributed by atoms with van der Waals surface area (Å²) in [6, 6.07) is 6.44. The zero-order chi connectivity index (χ0) is 20.5. The van der Waals surface area contributed by atoms with Crippen molar-refractivity contribution in [3.8, 4) is 0 Å². The molecule has 7 heteroatoms. The van der Waals surface area contributed by atoms with Gasteiger partial charge >= 0.3 is 12.0 Å². The van der Waals surface area contributed by atoms with Crippen LogP contribution in [0.3, 0.4) is 0 Å². The van der Waals surface area contributed by atoms with Crippen LogP contribution in [0, 0.1) is 11.3 Å². The van der Waals surface area contributed by atoms with E-state index in [0.717, 1.165) is 19.3 Å². The highest BCUT2D eigenvalue weighted by atomic mass is 16.4. The van der Waals surface area contributed by atoms with E-state index in [1.807, 2.05) is 20.8 Å². The van der Waals surface area contributed by atoms with Crippen molar-refractivity contribution in [2.24, 2.45) is 11.3 Å². The number of rotatable bonds is 5. The van der Waals surface area contributed by atoms with Gasteiger partial charge in [-0.05, 0) is 63.3 Å². The molecule has 7 nitrogen and oxygen atoms in total. The largest absolute Gasteiger partial charge is 0.481 e. The number of nitrogens with zero attached hydrogens (tertiary/aromatic N) is 1. The van der Waals surface area contributed by atoms with Gasteiger partial charge in [0.15, 0.2) is 0 Å². The van der Waals surface area contributed by atoms with Crippen LogP contribution in [0.4, 0.5) is 10.5 Å². The van der Waals surface area contributed by atoms with Crippen molar-refractivity contribution in [2.45, 2.75) is 52.0 Å². The maximum absolute atomic E-state index is 12.6. The number of carboxylic acids is 1. The van der Waals surface area contributed by atoms with E-state index < -0.39 is 11.4 Å². The van der Waals surface area contributed by atoms with Crippen LogP contribution in [0.2, 0.25) is 0 Å². The van der Waals surface area contributed by atoms with E-state index in [9.17, 15) is 19.5 Å². The Morgan fingerprint density at radius 2 is 1.93 bits per heavy atom. The molecule has 0 spiro atoms. The molecule has 1 saturated heterocycles. The predicted molar refractivity (Wildman–Crippen MR) is 106 cm³/mol. The van der Waals surface area contributed by atoms with Crippen molar-refractivity contribution in [1.82, 2.24) is 10.2 Å². The molecule has 2 fully saturated rings. The van der Waals surface area contributed by atoms with E-state index in [4.69, 9.17) is 0 Å². The van der Waals surface area contributed by atoms with Gasteiger partial charge in [-0.2, -0.15) is 0 Å². The second-order valence-electron chi connectivity index (χ2n) is 8.63. The van der Waals surface area contributed by atoms with E-state index in [2.05, 4.69) is 10.6 Å². The number of hydrogen-bond donors (Lipinski definition) is 3. The molecule has 0 bridgehead atoms. The number of amides is 3. The van der Waals surface area contributed by atoms with Gasteiger partial charge in [-0.1, -0.05) is 13.3 Å². The standard InChI is InChI=1S/C21H29N3O4/c1-4-20(2,3)23-17(25)14-7-9-16(10-8-14)22-19(28)24-12-15-6-5-11-21(15,13-24)18(26)27/h7-10,15H,4-6,11-13H2,1-3H3,(H,22,28)(H,23,25)(H,26,27)/t15-,21+/m0/s1. The van der Waals surface area contributed by atoms with Crippen LogP contribution in [-0.2, 0) is 4.79 Å². The van der Waals surface area contributed by atoms with Crippen molar-refractivity contribution in [2.75, 3.05) is 18.4 Å². The summed E-state index contributed by atoms with van der Waals surface area (Å²) >= 11 is 0. The first-order valence-corrected chi connectivity index (χ1v) is 9.89. The molecule has 0 radical (unpaired) electrons. The van der Waals surface area contributed by atoms with Gasteiger partial charge in [-0.3, -0.25) is 9.59 Å². The smallest absolute Gasteiger partial charge is 0.321 e. The average Bonchev–Trinajstić information content (AvgIpc) is 3.20. The molecular formula is C21H29N3O4. The van der Waals surface area contributed by atoms with E-state index in [-0.39, 0.29) is 29.9 Å². The summed E-state index contributed by atoms with van der Waals surface area (Å²) in [5, 5.41) is 15.4. The zero-order valence-electron chi connectivity index (χ0n) is 16.7. The van der Waals surface area contributed by atoms with Gasteiger partial charge in [0.2, 0.25) is 0 Å². The van der Waals surface area contributed by atoms with E-state index >= 15 is 0 Å². The van der Waals surface area contributed by atoms with Crippen molar-refractivity contribution < 1.29 is 19.5 Å². The number of urea groups is 1. The molecule has 1 heterocycles. The summed E-state index contributed by atoms with van der Waals surface area (Å²) < 4.78 is 0. The van der Waals surface area contributed by atoms with Crippen molar-refractivity contribution in [3.63, 3.8) is 0 Å². The second kappa shape index (κ2) is 7.45. The minimum absolute atomic E-state index is 0.0312. The Balaban J connectivity index is 1.61. The first-order chi connectivity index (χ1) is 13.2. The number of carboxylic acid groups (broad SMARTS) is 1. The third kappa shape index (κ3) is 3.84. The second-order valence-corrected chi connectivity index (χ2v) is 8.63. The first-order valence-electron chi connectivity index (χ1n) is 9.89. The van der Waals surface area contributed by atoms with Crippen molar-refractivity contribution in [1.29, 1.82) is 0 Å². The number of likely N-dealkylation sites (tertiary alicyclic amines) is 1. The van der Waals surface area contributed by atoms with Crippen LogP contribution >= 0.6 is 0 Å². The minimum atomic E-state index is -0.796. The van der Waals surface area contributed by atoms with Gasteiger partial charge in [-0.25, -0.2) is 4.79 Å². The molecule has 3 amide bonds. The molecule has 3 rings (SSSR count). The zero-order valence-corrected chi connectivity index (χ0v) is 16.7. The molecule has 152 valence electrons. The molecule has 1 aromatic rings. The van der Waals surface area contributed by atoms with Crippen LogP contribution in [0.5, 0.6) is 0 Å². The number of benzene rings is 1. The molecule has 1 saturated carbocycles. The minimum Gasteiger partial charge on any atom is -0.481 e. The average molecular weight is 387 g/mol. The summed E-state index contributed by atoms with van der Waals surface area (Å²) in [5.41, 5.74) is 0.0429. The lowest BCUT2D eigenvalue weighted by molar-refractivity contribution is -0.149. The third-order valence-corrected chi connectivity index (χ3v) is 6.32. The number of carbonyl (C=O) groups excluding carboxylic acids is 2. The molecule has 0 unspecified atom stereocenters. The van der Waals surface area contributed by atoms with Gasteiger partial charge in [-0.15, -0.1) is 0 Å².